The second kappa shape index (κ2) is 8.47. The third-order valence-electron chi connectivity index (χ3n) is 3.66. The fourth-order valence-corrected chi connectivity index (χ4v) is 2.99. The van der Waals surface area contributed by atoms with Gasteiger partial charge in [0, 0.05) is 44.0 Å². The van der Waals surface area contributed by atoms with E-state index < -0.39 is 0 Å². The van der Waals surface area contributed by atoms with Crippen molar-refractivity contribution in [1.29, 1.82) is 0 Å². The summed E-state index contributed by atoms with van der Waals surface area (Å²) in [6, 6.07) is 1.76. The van der Waals surface area contributed by atoms with Crippen molar-refractivity contribution in [3.63, 3.8) is 0 Å². The van der Waals surface area contributed by atoms with Gasteiger partial charge in [-0.3, -0.25) is 4.79 Å². The van der Waals surface area contributed by atoms with Gasteiger partial charge in [0.1, 0.15) is 5.82 Å². The Morgan fingerprint density at radius 3 is 2.74 bits per heavy atom. The molecule has 2 heterocycles. The molecule has 8 heteroatoms. The van der Waals surface area contributed by atoms with Crippen LogP contribution in [0.25, 0.3) is 0 Å². The molecular weight excluding hydrogens is 314 g/mol. The van der Waals surface area contributed by atoms with Crippen LogP contribution in [0.5, 0.6) is 0 Å². The summed E-state index contributed by atoms with van der Waals surface area (Å²) >= 11 is 1.32. The Kier molecular flexibility index (Phi) is 6.61. The highest BCUT2D eigenvalue weighted by atomic mass is 32.2. The van der Waals surface area contributed by atoms with Crippen LogP contribution in [-0.2, 0) is 4.79 Å². The number of thioether (sulfide) groups is 1. The molecule has 7 nitrogen and oxygen atoms in total. The maximum atomic E-state index is 11.8. The van der Waals surface area contributed by atoms with Crippen LogP contribution < -0.4 is 10.2 Å². The first kappa shape index (κ1) is 18.0. The van der Waals surface area contributed by atoms with E-state index in [-0.39, 0.29) is 24.3 Å². The zero-order valence-electron chi connectivity index (χ0n) is 13.9. The first-order valence-corrected chi connectivity index (χ1v) is 8.78. The fourth-order valence-electron chi connectivity index (χ4n) is 2.28. The number of anilines is 1. The van der Waals surface area contributed by atoms with Crippen LogP contribution in [0.2, 0.25) is 0 Å². The zero-order valence-corrected chi connectivity index (χ0v) is 14.8. The molecule has 1 atom stereocenters. The number of carbonyl (C=O) groups excluding carboxylic acids is 1. The minimum atomic E-state index is -0.234. The van der Waals surface area contributed by atoms with Crippen molar-refractivity contribution in [3.05, 3.63) is 11.8 Å². The van der Waals surface area contributed by atoms with Gasteiger partial charge in [0.2, 0.25) is 5.91 Å². The lowest BCUT2D eigenvalue weighted by Crippen LogP contribution is -2.44. The molecule has 1 aromatic heterocycles. The van der Waals surface area contributed by atoms with E-state index in [0.29, 0.717) is 5.16 Å². The monoisotopic (exact) mass is 339 g/mol. The molecular formula is C15H25N5O2S. The number of aliphatic hydroxyl groups is 1. The van der Waals surface area contributed by atoms with E-state index in [0.717, 1.165) is 37.7 Å². The highest BCUT2D eigenvalue weighted by molar-refractivity contribution is 7.99. The number of carbonyl (C=O) groups is 1. The second-order valence-corrected chi connectivity index (χ2v) is 6.82. The summed E-state index contributed by atoms with van der Waals surface area (Å²) in [6.07, 6.45) is 0. The number of nitrogens with zero attached hydrogens (tertiary/aromatic N) is 4. The first-order chi connectivity index (χ1) is 11.0. The fraction of sp³-hybridized carbons (Fsp3) is 0.667. The molecule has 0 aliphatic carbocycles. The minimum Gasteiger partial charge on any atom is -0.394 e. The Morgan fingerprint density at radius 1 is 1.39 bits per heavy atom. The Morgan fingerprint density at radius 2 is 2.09 bits per heavy atom. The summed E-state index contributed by atoms with van der Waals surface area (Å²) < 4.78 is 0. The minimum absolute atomic E-state index is 0.0646. The van der Waals surface area contributed by atoms with Crippen LogP contribution in [0, 0.1) is 6.92 Å². The standard InChI is InChI=1S/C15H25N5O2S/c1-11-8-13(20-6-4-19(3)5-7-20)18-15(17-11)23-10-14(22)16-12(2)9-21/h8,12,21H,4-7,9-10H2,1-3H3,(H,16,22)/t12-/m0/s1. The highest BCUT2D eigenvalue weighted by Gasteiger charge is 2.17. The SMILES string of the molecule is Cc1cc(N2CCN(C)CC2)nc(SCC(=O)N[C@@H](C)CO)n1. The predicted octanol–water partition coefficient (Wildman–Crippen LogP) is 0.126. The second-order valence-electron chi connectivity index (χ2n) is 5.88. The molecule has 2 rings (SSSR count). The third kappa shape index (κ3) is 5.63. The van der Waals surface area contributed by atoms with E-state index in [9.17, 15) is 4.79 Å². The van der Waals surface area contributed by atoms with Crippen molar-refractivity contribution >= 4 is 23.5 Å². The molecule has 0 unspecified atom stereocenters. The van der Waals surface area contributed by atoms with E-state index in [1.165, 1.54) is 11.8 Å². The van der Waals surface area contributed by atoms with Gasteiger partial charge in [-0.05, 0) is 20.9 Å². The Bertz CT molecular complexity index is 535. The number of hydrogen-bond donors (Lipinski definition) is 2. The van der Waals surface area contributed by atoms with Crippen LogP contribution in [0.15, 0.2) is 11.2 Å². The number of aliphatic hydroxyl groups excluding tert-OH is 1. The Labute approximate surface area is 141 Å². The molecule has 0 bridgehead atoms. The Balaban J connectivity index is 1.96. The number of aryl methyl sites for hydroxylation is 1. The number of likely N-dealkylation sites (N-methyl/N-ethyl adjacent to an activating group) is 1. The molecule has 1 fully saturated rings. The molecule has 0 saturated carbocycles. The predicted molar refractivity (Wildman–Crippen MR) is 91.9 cm³/mol. The van der Waals surface area contributed by atoms with Gasteiger partial charge in [0.15, 0.2) is 5.16 Å². The molecule has 1 amide bonds. The van der Waals surface area contributed by atoms with Crippen molar-refractivity contribution in [2.45, 2.75) is 25.0 Å². The summed E-state index contributed by atoms with van der Waals surface area (Å²) in [6.45, 7) is 7.58. The van der Waals surface area contributed by atoms with Gasteiger partial charge in [-0.15, -0.1) is 0 Å². The molecule has 2 N–H and O–H groups in total. The average molecular weight is 339 g/mol. The van der Waals surface area contributed by atoms with Crippen LogP contribution in [0.3, 0.4) is 0 Å². The number of piperazine rings is 1. The molecule has 1 aromatic rings. The Hall–Kier alpha value is -1.38. The number of nitrogens with one attached hydrogen (secondary N) is 1. The number of rotatable bonds is 6. The van der Waals surface area contributed by atoms with E-state index in [4.69, 9.17) is 5.11 Å². The van der Waals surface area contributed by atoms with Gasteiger partial charge >= 0.3 is 0 Å². The average Bonchev–Trinajstić information content (AvgIpc) is 2.53. The molecule has 128 valence electrons. The largest absolute Gasteiger partial charge is 0.394 e. The van der Waals surface area contributed by atoms with Crippen LogP contribution in [0.4, 0.5) is 5.82 Å². The van der Waals surface area contributed by atoms with Gasteiger partial charge in [-0.2, -0.15) is 0 Å². The summed E-state index contributed by atoms with van der Waals surface area (Å²) in [5, 5.41) is 12.3. The van der Waals surface area contributed by atoms with Gasteiger partial charge in [-0.25, -0.2) is 9.97 Å². The molecule has 0 radical (unpaired) electrons. The maximum Gasteiger partial charge on any atom is 0.230 e. The molecule has 1 aliphatic heterocycles. The van der Waals surface area contributed by atoms with Gasteiger partial charge < -0.3 is 20.2 Å². The number of amides is 1. The van der Waals surface area contributed by atoms with Crippen molar-refractivity contribution in [1.82, 2.24) is 20.2 Å². The number of hydrogen-bond acceptors (Lipinski definition) is 7. The molecule has 23 heavy (non-hydrogen) atoms. The summed E-state index contributed by atoms with van der Waals surface area (Å²) in [4.78, 5) is 25.3. The smallest absolute Gasteiger partial charge is 0.230 e. The lowest BCUT2D eigenvalue weighted by atomic mass is 10.3. The zero-order chi connectivity index (χ0) is 16.8. The van der Waals surface area contributed by atoms with Crippen LogP contribution >= 0.6 is 11.8 Å². The van der Waals surface area contributed by atoms with Gasteiger partial charge in [-0.1, -0.05) is 11.8 Å². The molecule has 1 aliphatic rings. The lowest BCUT2D eigenvalue weighted by molar-refractivity contribution is -0.119. The summed E-state index contributed by atoms with van der Waals surface area (Å²) in [5.74, 6) is 1.05. The highest BCUT2D eigenvalue weighted by Crippen LogP contribution is 2.20. The number of aromatic nitrogens is 2. The summed E-state index contributed by atoms with van der Waals surface area (Å²) in [5.41, 5.74) is 0.903. The quantitative estimate of drug-likeness (QED) is 0.563. The van der Waals surface area contributed by atoms with E-state index in [2.05, 4.69) is 32.1 Å². The van der Waals surface area contributed by atoms with Crippen molar-refractivity contribution < 1.29 is 9.90 Å². The van der Waals surface area contributed by atoms with Gasteiger partial charge in [0.25, 0.3) is 0 Å². The molecule has 1 saturated heterocycles. The van der Waals surface area contributed by atoms with Crippen molar-refractivity contribution in [2.24, 2.45) is 0 Å². The van der Waals surface area contributed by atoms with Crippen LogP contribution in [0.1, 0.15) is 12.6 Å². The van der Waals surface area contributed by atoms with Crippen molar-refractivity contribution in [3.8, 4) is 0 Å². The normalized spacial score (nSPS) is 17.1. The maximum absolute atomic E-state index is 11.8. The van der Waals surface area contributed by atoms with Crippen LogP contribution in [-0.4, -0.2) is 77.5 Å². The summed E-state index contributed by atoms with van der Waals surface area (Å²) in [7, 11) is 2.12. The molecule has 0 aromatic carbocycles. The van der Waals surface area contributed by atoms with E-state index in [1.807, 2.05) is 13.0 Å². The first-order valence-electron chi connectivity index (χ1n) is 7.80. The van der Waals surface area contributed by atoms with E-state index >= 15 is 0 Å². The molecule has 0 spiro atoms. The third-order valence-corrected chi connectivity index (χ3v) is 4.51. The van der Waals surface area contributed by atoms with Gasteiger partial charge in [0.05, 0.1) is 12.4 Å². The topological polar surface area (TPSA) is 81.6 Å². The lowest BCUT2D eigenvalue weighted by Gasteiger charge is -2.33. The van der Waals surface area contributed by atoms with E-state index in [1.54, 1.807) is 6.92 Å². The van der Waals surface area contributed by atoms with Crippen molar-refractivity contribution in [2.75, 3.05) is 50.5 Å².